The van der Waals surface area contributed by atoms with Crippen molar-refractivity contribution in [2.75, 3.05) is 4.72 Å². The number of halogens is 3. The molecule has 0 aromatic heterocycles. The van der Waals surface area contributed by atoms with Crippen molar-refractivity contribution in [2.45, 2.75) is 4.90 Å². The summed E-state index contributed by atoms with van der Waals surface area (Å²) in [6.07, 6.45) is 0. The van der Waals surface area contributed by atoms with Gasteiger partial charge in [0, 0.05) is 6.07 Å². The summed E-state index contributed by atoms with van der Waals surface area (Å²) >= 11 is 11.4. The Balaban J connectivity index is 2.43. The average molecular weight is 365 g/mol. The number of benzene rings is 2. The van der Waals surface area contributed by atoms with Crippen LogP contribution in [0.2, 0.25) is 10.0 Å². The van der Waals surface area contributed by atoms with Gasteiger partial charge in [-0.2, -0.15) is 0 Å². The van der Waals surface area contributed by atoms with Gasteiger partial charge in [0.15, 0.2) is 0 Å². The van der Waals surface area contributed by atoms with E-state index in [9.17, 15) is 22.9 Å². The molecule has 0 spiro atoms. The fraction of sp³-hybridized carbons (Fsp3) is 0. The quantitative estimate of drug-likeness (QED) is 0.659. The van der Waals surface area contributed by atoms with Crippen LogP contribution < -0.4 is 4.72 Å². The summed E-state index contributed by atoms with van der Waals surface area (Å²) in [5, 5.41) is 10.5. The van der Waals surface area contributed by atoms with E-state index in [1.54, 1.807) is 0 Å². The molecule has 0 bridgehead atoms. The minimum atomic E-state index is -4.21. The van der Waals surface area contributed by atoms with Crippen molar-refractivity contribution >= 4 is 44.6 Å². The molecule has 10 heteroatoms. The molecule has 0 heterocycles. The molecule has 116 valence electrons. The first-order valence-corrected chi connectivity index (χ1v) is 7.86. The molecule has 0 aliphatic carbocycles. The van der Waals surface area contributed by atoms with Crippen LogP contribution in [0, 0.1) is 15.9 Å². The molecule has 1 N–H and O–H groups in total. The van der Waals surface area contributed by atoms with Crippen LogP contribution in [0.25, 0.3) is 0 Å². The SMILES string of the molecule is O=[N+]([O-])c1cc(NS(=O)(=O)c2cc(F)ccc2Cl)ccc1Cl. The normalized spacial score (nSPS) is 11.2. The molecule has 0 aliphatic rings. The highest BCUT2D eigenvalue weighted by molar-refractivity contribution is 7.92. The van der Waals surface area contributed by atoms with Crippen molar-refractivity contribution in [2.24, 2.45) is 0 Å². The van der Waals surface area contributed by atoms with Crippen LogP contribution in [0.3, 0.4) is 0 Å². The molecule has 0 amide bonds. The van der Waals surface area contributed by atoms with Gasteiger partial charge >= 0.3 is 0 Å². The molecular formula is C12H7Cl2FN2O4S. The van der Waals surface area contributed by atoms with Gasteiger partial charge < -0.3 is 0 Å². The van der Waals surface area contributed by atoms with Crippen LogP contribution in [0.5, 0.6) is 0 Å². The Hall–Kier alpha value is -1.90. The summed E-state index contributed by atoms with van der Waals surface area (Å²) in [5.41, 5.74) is -0.566. The minimum absolute atomic E-state index is 0.101. The van der Waals surface area contributed by atoms with Crippen LogP contribution in [-0.2, 0) is 10.0 Å². The van der Waals surface area contributed by atoms with Gasteiger partial charge in [0.2, 0.25) is 0 Å². The second-order valence-electron chi connectivity index (χ2n) is 4.10. The molecular weight excluding hydrogens is 358 g/mol. The van der Waals surface area contributed by atoms with E-state index in [4.69, 9.17) is 23.2 Å². The Bertz CT molecular complexity index is 858. The van der Waals surface area contributed by atoms with Gasteiger partial charge in [-0.05, 0) is 30.3 Å². The van der Waals surface area contributed by atoms with Crippen LogP contribution in [0.1, 0.15) is 0 Å². The van der Waals surface area contributed by atoms with Crippen LogP contribution in [0.15, 0.2) is 41.3 Å². The lowest BCUT2D eigenvalue weighted by Gasteiger charge is -2.09. The van der Waals surface area contributed by atoms with Crippen molar-refractivity contribution in [3.8, 4) is 0 Å². The standard InChI is InChI=1S/C12H7Cl2FN2O4S/c13-9-4-2-8(6-11(9)17(18)19)16-22(20,21)12-5-7(15)1-3-10(12)14/h1-6,16H. The maximum absolute atomic E-state index is 13.2. The summed E-state index contributed by atoms with van der Waals surface area (Å²) in [7, 11) is -4.21. The van der Waals surface area contributed by atoms with Gasteiger partial charge in [0.25, 0.3) is 15.7 Å². The predicted octanol–water partition coefficient (Wildman–Crippen LogP) is 3.84. The number of nitrogens with zero attached hydrogens (tertiary/aromatic N) is 1. The Morgan fingerprint density at radius 3 is 2.36 bits per heavy atom. The molecule has 6 nitrogen and oxygen atoms in total. The lowest BCUT2D eigenvalue weighted by atomic mass is 10.3. The van der Waals surface area contributed by atoms with Crippen LogP contribution >= 0.6 is 23.2 Å². The molecule has 22 heavy (non-hydrogen) atoms. The third kappa shape index (κ3) is 3.46. The summed E-state index contributed by atoms with van der Waals surface area (Å²) in [5.74, 6) is -0.785. The zero-order chi connectivity index (χ0) is 16.5. The Morgan fingerprint density at radius 1 is 1.09 bits per heavy atom. The maximum atomic E-state index is 13.2. The molecule has 0 radical (unpaired) electrons. The number of rotatable bonds is 4. The zero-order valence-corrected chi connectivity index (χ0v) is 12.9. The number of hydrogen-bond acceptors (Lipinski definition) is 4. The Labute approximate surface area is 134 Å². The molecule has 2 rings (SSSR count). The van der Waals surface area contributed by atoms with E-state index in [-0.39, 0.29) is 15.7 Å². The van der Waals surface area contributed by atoms with Crippen LogP contribution in [0.4, 0.5) is 15.8 Å². The number of anilines is 1. The maximum Gasteiger partial charge on any atom is 0.289 e. The first-order chi connectivity index (χ1) is 10.2. The van der Waals surface area contributed by atoms with E-state index >= 15 is 0 Å². The Kier molecular flexibility index (Phi) is 4.55. The summed E-state index contributed by atoms with van der Waals surface area (Å²) < 4.78 is 39.6. The highest BCUT2D eigenvalue weighted by Crippen LogP contribution is 2.30. The molecule has 2 aromatic carbocycles. The van der Waals surface area contributed by atoms with Gasteiger partial charge in [-0.3, -0.25) is 14.8 Å². The predicted molar refractivity (Wildman–Crippen MR) is 80.3 cm³/mol. The van der Waals surface area contributed by atoms with E-state index in [0.29, 0.717) is 0 Å². The van der Waals surface area contributed by atoms with Crippen molar-refractivity contribution in [3.05, 3.63) is 62.4 Å². The van der Waals surface area contributed by atoms with E-state index in [2.05, 4.69) is 4.72 Å². The van der Waals surface area contributed by atoms with Crippen molar-refractivity contribution in [3.63, 3.8) is 0 Å². The van der Waals surface area contributed by atoms with Gasteiger partial charge in [-0.15, -0.1) is 0 Å². The van der Waals surface area contributed by atoms with Crippen molar-refractivity contribution in [1.29, 1.82) is 0 Å². The molecule has 2 aromatic rings. The lowest BCUT2D eigenvalue weighted by molar-refractivity contribution is -0.384. The monoisotopic (exact) mass is 364 g/mol. The molecule has 0 atom stereocenters. The number of sulfonamides is 1. The molecule has 0 unspecified atom stereocenters. The van der Waals surface area contributed by atoms with Gasteiger partial charge in [-0.1, -0.05) is 23.2 Å². The first kappa shape index (κ1) is 16.5. The molecule has 0 saturated carbocycles. The van der Waals surface area contributed by atoms with Gasteiger partial charge in [-0.25, -0.2) is 12.8 Å². The lowest BCUT2D eigenvalue weighted by Crippen LogP contribution is -2.14. The summed E-state index contributed by atoms with van der Waals surface area (Å²) in [6, 6.07) is 6.21. The largest absolute Gasteiger partial charge is 0.289 e. The third-order valence-electron chi connectivity index (χ3n) is 2.58. The summed E-state index contributed by atoms with van der Waals surface area (Å²) in [4.78, 5) is 9.55. The average Bonchev–Trinajstić information content (AvgIpc) is 2.43. The highest BCUT2D eigenvalue weighted by Gasteiger charge is 2.21. The van der Waals surface area contributed by atoms with Crippen molar-refractivity contribution in [1.82, 2.24) is 0 Å². The zero-order valence-electron chi connectivity index (χ0n) is 10.6. The topological polar surface area (TPSA) is 89.3 Å². The minimum Gasteiger partial charge on any atom is -0.279 e. The first-order valence-electron chi connectivity index (χ1n) is 5.62. The van der Waals surface area contributed by atoms with Crippen LogP contribution in [-0.4, -0.2) is 13.3 Å². The number of nitrogens with one attached hydrogen (secondary N) is 1. The van der Waals surface area contributed by atoms with Crippen molar-refractivity contribution < 1.29 is 17.7 Å². The molecule has 0 saturated heterocycles. The fourth-order valence-electron chi connectivity index (χ4n) is 1.61. The van der Waals surface area contributed by atoms with E-state index in [1.807, 2.05) is 0 Å². The fourth-order valence-corrected chi connectivity index (χ4v) is 3.36. The summed E-state index contributed by atoms with van der Waals surface area (Å²) in [6.45, 7) is 0. The van der Waals surface area contributed by atoms with E-state index < -0.39 is 31.3 Å². The molecule has 0 fully saturated rings. The smallest absolute Gasteiger partial charge is 0.279 e. The van der Waals surface area contributed by atoms with Gasteiger partial charge in [0.1, 0.15) is 15.7 Å². The van der Waals surface area contributed by atoms with E-state index in [1.165, 1.54) is 12.1 Å². The van der Waals surface area contributed by atoms with E-state index in [0.717, 1.165) is 24.3 Å². The molecule has 0 aliphatic heterocycles. The number of nitro groups is 1. The second kappa shape index (κ2) is 6.07. The number of nitro benzene ring substituents is 1. The number of hydrogen-bond donors (Lipinski definition) is 1. The third-order valence-corrected chi connectivity index (χ3v) is 4.76. The second-order valence-corrected chi connectivity index (χ2v) is 6.57. The highest BCUT2D eigenvalue weighted by atomic mass is 35.5. The Morgan fingerprint density at radius 2 is 1.73 bits per heavy atom. The van der Waals surface area contributed by atoms with Gasteiger partial charge in [0.05, 0.1) is 15.6 Å².